The molecular weight excluding hydrogens is 560 g/mol. The number of amides is 2. The number of methoxy groups -OCH3 is 2. The van der Waals surface area contributed by atoms with Crippen molar-refractivity contribution in [3.05, 3.63) is 0 Å². The zero-order chi connectivity index (χ0) is 29.6. The number of ether oxygens (including phenoxy) is 4. The molecule has 5 atom stereocenters. The van der Waals surface area contributed by atoms with Crippen molar-refractivity contribution < 1.29 is 42.9 Å². The van der Waals surface area contributed by atoms with Crippen molar-refractivity contribution in [1.29, 1.82) is 0 Å². The van der Waals surface area contributed by atoms with Crippen molar-refractivity contribution in [2.24, 2.45) is 16.7 Å². The number of fused-ring (bicyclic) bond motifs is 2. The SMILES string of the molecule is CCOC(=S)S[C@H]1CC(C(=O)OC)(C(=O)OC)C(=O)N2C[C@@H]3CCC(=O)N4CCC[C@@](C(=O)OC(C)(C)C)([C@H]34)[C@@H]12. The van der Waals surface area contributed by atoms with Gasteiger partial charge < -0.3 is 28.7 Å². The molecule has 40 heavy (non-hydrogen) atoms. The summed E-state index contributed by atoms with van der Waals surface area (Å²) in [6.45, 7) is 8.04. The van der Waals surface area contributed by atoms with Crippen LogP contribution in [0.5, 0.6) is 0 Å². The smallest absolute Gasteiger partial charge is 0.333 e. The Labute approximate surface area is 243 Å². The van der Waals surface area contributed by atoms with Gasteiger partial charge in [0, 0.05) is 24.8 Å². The third kappa shape index (κ3) is 4.76. The Morgan fingerprint density at radius 2 is 1.70 bits per heavy atom. The van der Waals surface area contributed by atoms with Crippen molar-refractivity contribution in [3.63, 3.8) is 0 Å². The molecule has 0 radical (unpaired) electrons. The zero-order valence-corrected chi connectivity index (χ0v) is 25.5. The highest BCUT2D eigenvalue weighted by Crippen LogP contribution is 2.58. The molecule has 0 saturated carbocycles. The van der Waals surface area contributed by atoms with Gasteiger partial charge in [0.15, 0.2) is 0 Å². The predicted octanol–water partition coefficient (Wildman–Crippen LogP) is 2.09. The van der Waals surface area contributed by atoms with Gasteiger partial charge in [0.05, 0.1) is 32.9 Å². The van der Waals surface area contributed by atoms with Crippen LogP contribution >= 0.6 is 24.0 Å². The first-order valence-electron chi connectivity index (χ1n) is 13.6. The van der Waals surface area contributed by atoms with Gasteiger partial charge >= 0.3 is 17.9 Å². The lowest BCUT2D eigenvalue weighted by Crippen LogP contribution is -2.80. The van der Waals surface area contributed by atoms with Crippen LogP contribution < -0.4 is 0 Å². The van der Waals surface area contributed by atoms with Gasteiger partial charge in [0.2, 0.25) is 15.7 Å². The molecule has 0 bridgehead atoms. The van der Waals surface area contributed by atoms with E-state index in [2.05, 4.69) is 0 Å². The Bertz CT molecular complexity index is 1090. The second-order valence-electron chi connectivity index (χ2n) is 11.8. The molecule has 0 aromatic rings. The molecule has 0 aliphatic carbocycles. The van der Waals surface area contributed by atoms with E-state index in [1.54, 1.807) is 32.6 Å². The first kappa shape index (κ1) is 30.5. The van der Waals surface area contributed by atoms with E-state index in [9.17, 15) is 24.0 Å². The summed E-state index contributed by atoms with van der Waals surface area (Å²) in [5, 5.41) is -0.750. The maximum Gasteiger partial charge on any atom is 0.333 e. The minimum absolute atomic E-state index is 0.0306. The fourth-order valence-corrected chi connectivity index (χ4v) is 8.96. The summed E-state index contributed by atoms with van der Waals surface area (Å²) >= 11 is 6.58. The molecule has 4 rings (SSSR count). The Morgan fingerprint density at radius 1 is 1.05 bits per heavy atom. The number of carbonyl (C=O) groups excluding carboxylic acids is 5. The third-order valence-corrected chi connectivity index (χ3v) is 9.93. The van der Waals surface area contributed by atoms with Crippen LogP contribution in [0.25, 0.3) is 0 Å². The van der Waals surface area contributed by atoms with Crippen LogP contribution in [0, 0.1) is 16.7 Å². The molecule has 0 N–H and O–H groups in total. The van der Waals surface area contributed by atoms with Gasteiger partial charge in [-0.3, -0.25) is 24.0 Å². The van der Waals surface area contributed by atoms with E-state index in [-0.39, 0.29) is 42.2 Å². The molecule has 11 nitrogen and oxygen atoms in total. The molecule has 0 aromatic heterocycles. The Balaban J connectivity index is 1.96. The number of rotatable bonds is 5. The molecule has 0 aromatic carbocycles. The van der Waals surface area contributed by atoms with Crippen LogP contribution in [-0.4, -0.2) is 101 Å². The standard InChI is InChI=1S/C27H38N2O9S2/c1-7-37-24(39)40-16-13-27(21(32)35-5,22(33)36-6)20(31)29-14-15-9-10-17(30)28-12-8-11-26(18(15)28,19(16)29)23(34)38-25(2,3)4/h15-16,18-19H,7-14H2,1-6H3/t15-,16-,18-,19+,26+/m0/s1. The average molecular weight is 599 g/mol. The number of hydrogen-bond donors (Lipinski definition) is 0. The fourth-order valence-electron chi connectivity index (χ4n) is 7.19. The number of thiocarbonyl (C=S) groups is 1. The molecule has 0 unspecified atom stereocenters. The highest BCUT2D eigenvalue weighted by atomic mass is 32.2. The zero-order valence-electron chi connectivity index (χ0n) is 23.9. The summed E-state index contributed by atoms with van der Waals surface area (Å²) in [5.41, 5.74) is -4.42. The lowest BCUT2D eigenvalue weighted by atomic mass is 9.55. The maximum atomic E-state index is 14.4. The second kappa shape index (κ2) is 11.1. The molecule has 2 amide bonds. The number of esters is 3. The molecule has 0 spiro atoms. The normalized spacial score (nSPS) is 30.9. The van der Waals surface area contributed by atoms with Crippen molar-refractivity contribution in [2.45, 2.75) is 82.7 Å². The van der Waals surface area contributed by atoms with Crippen LogP contribution in [-0.2, 0) is 42.9 Å². The van der Waals surface area contributed by atoms with Crippen LogP contribution in [0.1, 0.15) is 59.8 Å². The van der Waals surface area contributed by atoms with Gasteiger partial charge in [-0.1, -0.05) is 11.8 Å². The summed E-state index contributed by atoms with van der Waals surface area (Å²) in [5.74, 6) is -3.64. The van der Waals surface area contributed by atoms with Crippen LogP contribution in [0.3, 0.4) is 0 Å². The van der Waals surface area contributed by atoms with Crippen LogP contribution in [0.2, 0.25) is 0 Å². The van der Waals surface area contributed by atoms with Gasteiger partial charge in [-0.25, -0.2) is 0 Å². The third-order valence-electron chi connectivity index (χ3n) is 8.49. The summed E-state index contributed by atoms with van der Waals surface area (Å²) in [4.78, 5) is 71.8. The quantitative estimate of drug-likeness (QED) is 0.200. The Morgan fingerprint density at radius 3 is 2.27 bits per heavy atom. The average Bonchev–Trinajstić information content (AvgIpc) is 2.90. The largest absolute Gasteiger partial charge is 0.479 e. The highest BCUT2D eigenvalue weighted by Gasteiger charge is 2.73. The minimum atomic E-state index is -2.28. The van der Waals surface area contributed by atoms with Gasteiger partial charge in [0.25, 0.3) is 5.91 Å². The van der Waals surface area contributed by atoms with Crippen LogP contribution in [0.15, 0.2) is 0 Å². The molecule has 13 heteroatoms. The maximum absolute atomic E-state index is 14.4. The number of thioether (sulfide) groups is 1. The number of carbonyl (C=O) groups is 5. The fraction of sp³-hybridized carbons (Fsp3) is 0.778. The molecule has 4 aliphatic heterocycles. The van der Waals surface area contributed by atoms with Gasteiger partial charge in [-0.15, -0.1) is 0 Å². The lowest BCUT2D eigenvalue weighted by Gasteiger charge is -2.65. The topological polar surface area (TPSA) is 129 Å². The summed E-state index contributed by atoms with van der Waals surface area (Å²) in [6, 6.07) is -1.34. The summed E-state index contributed by atoms with van der Waals surface area (Å²) in [6.07, 6.45) is 1.31. The predicted molar refractivity (Wildman–Crippen MR) is 148 cm³/mol. The van der Waals surface area contributed by atoms with E-state index in [0.717, 1.165) is 26.0 Å². The molecule has 4 saturated heterocycles. The Hall–Kier alpha value is -2.41. The first-order valence-corrected chi connectivity index (χ1v) is 14.9. The summed E-state index contributed by atoms with van der Waals surface area (Å²) in [7, 11) is 2.22. The van der Waals surface area contributed by atoms with E-state index in [1.165, 1.54) is 4.90 Å². The minimum Gasteiger partial charge on any atom is -0.479 e. The lowest BCUT2D eigenvalue weighted by molar-refractivity contribution is -0.210. The van der Waals surface area contributed by atoms with E-state index >= 15 is 0 Å². The molecule has 4 aliphatic rings. The molecular formula is C27H38N2O9S2. The van der Waals surface area contributed by atoms with Crippen molar-refractivity contribution >= 4 is 58.1 Å². The highest BCUT2D eigenvalue weighted by molar-refractivity contribution is 8.23. The first-order chi connectivity index (χ1) is 18.8. The number of hydrogen-bond acceptors (Lipinski definition) is 11. The van der Waals surface area contributed by atoms with Gasteiger partial charge in [-0.05, 0) is 71.5 Å². The van der Waals surface area contributed by atoms with E-state index in [0.29, 0.717) is 25.8 Å². The van der Waals surface area contributed by atoms with Gasteiger partial charge in [0.1, 0.15) is 11.0 Å². The Kier molecular flexibility index (Phi) is 8.48. The van der Waals surface area contributed by atoms with Gasteiger partial charge in [-0.2, -0.15) is 0 Å². The van der Waals surface area contributed by atoms with E-state index in [4.69, 9.17) is 31.2 Å². The van der Waals surface area contributed by atoms with Crippen molar-refractivity contribution in [3.8, 4) is 0 Å². The second-order valence-corrected chi connectivity index (χ2v) is 13.7. The van der Waals surface area contributed by atoms with Crippen molar-refractivity contribution in [2.75, 3.05) is 33.9 Å². The number of nitrogens with zero attached hydrogens (tertiary/aromatic N) is 2. The van der Waals surface area contributed by atoms with E-state index < -0.39 is 57.6 Å². The molecule has 4 fully saturated rings. The molecule has 4 heterocycles. The van der Waals surface area contributed by atoms with Crippen molar-refractivity contribution in [1.82, 2.24) is 9.80 Å². The number of piperidine rings is 4. The monoisotopic (exact) mass is 598 g/mol. The molecule has 222 valence electrons. The van der Waals surface area contributed by atoms with E-state index in [1.807, 2.05) is 0 Å². The van der Waals surface area contributed by atoms with Crippen LogP contribution in [0.4, 0.5) is 0 Å². The summed E-state index contributed by atoms with van der Waals surface area (Å²) < 4.78 is 21.8.